The number of ether oxygens (including phenoxy) is 2. The van der Waals surface area contributed by atoms with Gasteiger partial charge in [-0.2, -0.15) is 0 Å². The Kier molecular flexibility index (Phi) is 7.48. The number of carbonyl (C=O) groups excluding carboxylic acids is 3. The Bertz CT molecular complexity index is 1500. The van der Waals surface area contributed by atoms with Gasteiger partial charge in [-0.05, 0) is 59.9 Å². The van der Waals surface area contributed by atoms with Gasteiger partial charge >= 0.3 is 0 Å². The highest BCUT2D eigenvalue weighted by molar-refractivity contribution is 6.06. The molecule has 3 heterocycles. The van der Waals surface area contributed by atoms with Crippen LogP contribution in [0.5, 0.6) is 0 Å². The van der Waals surface area contributed by atoms with Crippen LogP contribution >= 0.6 is 0 Å². The summed E-state index contributed by atoms with van der Waals surface area (Å²) in [6.07, 6.45) is 2.70. The molecule has 3 amide bonds. The van der Waals surface area contributed by atoms with E-state index in [1.807, 2.05) is 24.3 Å². The number of benzene rings is 2. The normalized spacial score (nSPS) is 22.6. The molecule has 1 saturated heterocycles. The first-order valence-electron chi connectivity index (χ1n) is 13.5. The van der Waals surface area contributed by atoms with Gasteiger partial charge in [0.2, 0.25) is 17.7 Å². The first-order valence-corrected chi connectivity index (χ1v) is 13.5. The minimum atomic E-state index is -0.712. The molecular formula is C30H30FN5O5. The van der Waals surface area contributed by atoms with Crippen molar-refractivity contribution in [2.24, 2.45) is 0 Å². The molecule has 10 nitrogen and oxygen atoms in total. The number of carbonyl (C=O) groups is 3. The minimum Gasteiger partial charge on any atom is -0.369 e. The van der Waals surface area contributed by atoms with E-state index < -0.39 is 29.1 Å². The van der Waals surface area contributed by atoms with Gasteiger partial charge in [-0.25, -0.2) is 9.37 Å². The Hall–Kier alpha value is -4.19. The molecule has 2 aliphatic heterocycles. The van der Waals surface area contributed by atoms with Gasteiger partial charge in [-0.1, -0.05) is 24.3 Å². The maximum Gasteiger partial charge on any atom is 0.249 e. The molecule has 3 aromatic rings. The Labute approximate surface area is 236 Å². The monoisotopic (exact) mass is 559 g/mol. The standard InChI is InChI=1S/C30H30FN5O5/c31-22-4-1-3-19(11-22)25-15-32-18-41-10-9-40-17-27(38)36(25)16-26(37)34-23-7-6-20-13-30(14-21(20)12-23)24-5-2-8-33-28(24)35-29(30)39/h1-8,11-12,25,32H,9-10,13-18H2,(H,34,37)(H,33,35,39). The average Bonchev–Trinajstić information content (AvgIpc) is 3.46. The third-order valence-electron chi connectivity index (χ3n) is 7.85. The lowest BCUT2D eigenvalue weighted by molar-refractivity contribution is -0.141. The third-order valence-corrected chi connectivity index (χ3v) is 7.85. The van der Waals surface area contributed by atoms with Crippen molar-refractivity contribution in [1.82, 2.24) is 15.2 Å². The van der Waals surface area contributed by atoms with Crippen LogP contribution in [0.15, 0.2) is 60.8 Å². The van der Waals surface area contributed by atoms with Gasteiger partial charge in [0.1, 0.15) is 24.8 Å². The summed E-state index contributed by atoms with van der Waals surface area (Å²) in [5, 5.41) is 8.93. The SMILES string of the molecule is O=C(CN1C(=O)COCCOCNCC1c1cccc(F)c1)Nc1ccc2c(c1)CC1(C2)C(=O)Nc2ncccc21. The Morgan fingerprint density at radius 1 is 1.07 bits per heavy atom. The van der Waals surface area contributed by atoms with Crippen molar-refractivity contribution >= 4 is 29.2 Å². The van der Waals surface area contributed by atoms with E-state index in [-0.39, 0.29) is 38.9 Å². The van der Waals surface area contributed by atoms with Crippen molar-refractivity contribution in [2.75, 3.05) is 50.3 Å². The molecule has 2 aromatic carbocycles. The number of hydrogen-bond acceptors (Lipinski definition) is 7. The summed E-state index contributed by atoms with van der Waals surface area (Å²) < 4.78 is 25.0. The smallest absolute Gasteiger partial charge is 0.249 e. The highest BCUT2D eigenvalue weighted by atomic mass is 19.1. The molecule has 3 aliphatic rings. The number of rotatable bonds is 4. The van der Waals surface area contributed by atoms with Gasteiger partial charge in [-0.3, -0.25) is 19.7 Å². The molecule has 11 heteroatoms. The zero-order valence-corrected chi connectivity index (χ0v) is 22.3. The fraction of sp³-hybridized carbons (Fsp3) is 0.333. The largest absolute Gasteiger partial charge is 0.369 e. The highest BCUT2D eigenvalue weighted by Gasteiger charge is 2.51. The molecule has 1 fully saturated rings. The van der Waals surface area contributed by atoms with Crippen molar-refractivity contribution in [1.29, 1.82) is 0 Å². The number of nitrogens with zero attached hydrogens (tertiary/aromatic N) is 2. The van der Waals surface area contributed by atoms with Gasteiger partial charge in [0, 0.05) is 24.0 Å². The molecule has 2 unspecified atom stereocenters. The lowest BCUT2D eigenvalue weighted by atomic mass is 9.79. The number of halogens is 1. The zero-order valence-electron chi connectivity index (χ0n) is 22.3. The number of anilines is 2. The quantitative estimate of drug-likeness (QED) is 0.449. The number of hydrogen-bond donors (Lipinski definition) is 3. The molecule has 0 radical (unpaired) electrons. The summed E-state index contributed by atoms with van der Waals surface area (Å²) in [5.74, 6) is -0.723. The molecular weight excluding hydrogens is 529 g/mol. The second-order valence-corrected chi connectivity index (χ2v) is 10.5. The number of fused-ring (bicyclic) bond motifs is 3. The number of aromatic nitrogens is 1. The van der Waals surface area contributed by atoms with E-state index in [1.54, 1.807) is 24.4 Å². The molecule has 0 bridgehead atoms. The van der Waals surface area contributed by atoms with Crippen LogP contribution in [0.3, 0.4) is 0 Å². The molecule has 6 rings (SSSR count). The Balaban J connectivity index is 1.21. The van der Waals surface area contributed by atoms with Crippen LogP contribution in [-0.4, -0.2) is 67.2 Å². The predicted molar refractivity (Wildman–Crippen MR) is 148 cm³/mol. The van der Waals surface area contributed by atoms with Crippen LogP contribution in [0.4, 0.5) is 15.9 Å². The van der Waals surface area contributed by atoms with E-state index in [9.17, 15) is 18.8 Å². The number of nitrogens with one attached hydrogen (secondary N) is 3. The average molecular weight is 560 g/mol. The summed E-state index contributed by atoms with van der Waals surface area (Å²) in [5.41, 5.74) is 3.28. The van der Waals surface area contributed by atoms with Crippen LogP contribution < -0.4 is 16.0 Å². The maximum absolute atomic E-state index is 14.1. The zero-order chi connectivity index (χ0) is 28.4. The molecule has 2 atom stereocenters. The van der Waals surface area contributed by atoms with Crippen molar-refractivity contribution in [2.45, 2.75) is 24.3 Å². The Morgan fingerprint density at radius 3 is 2.80 bits per heavy atom. The lowest BCUT2D eigenvalue weighted by Gasteiger charge is -2.32. The van der Waals surface area contributed by atoms with Crippen molar-refractivity contribution in [3.05, 3.63) is 88.9 Å². The van der Waals surface area contributed by atoms with E-state index in [2.05, 4.69) is 20.9 Å². The minimum absolute atomic E-state index is 0.0734. The fourth-order valence-corrected chi connectivity index (χ4v) is 5.89. The second kappa shape index (κ2) is 11.4. The van der Waals surface area contributed by atoms with Gasteiger partial charge < -0.3 is 25.0 Å². The summed E-state index contributed by atoms with van der Waals surface area (Å²) >= 11 is 0. The molecule has 3 N–H and O–H groups in total. The van der Waals surface area contributed by atoms with Gasteiger partial charge in [0.25, 0.3) is 0 Å². The van der Waals surface area contributed by atoms with Crippen molar-refractivity contribution in [3.63, 3.8) is 0 Å². The van der Waals surface area contributed by atoms with Crippen LogP contribution in [0.1, 0.15) is 28.3 Å². The van der Waals surface area contributed by atoms with Crippen LogP contribution in [0.25, 0.3) is 0 Å². The third kappa shape index (κ3) is 5.43. The van der Waals surface area contributed by atoms with Crippen molar-refractivity contribution in [3.8, 4) is 0 Å². The molecule has 1 spiro atoms. The first-order chi connectivity index (χ1) is 19.9. The molecule has 41 heavy (non-hydrogen) atoms. The van der Waals surface area contributed by atoms with E-state index in [0.717, 1.165) is 16.7 Å². The summed E-state index contributed by atoms with van der Waals surface area (Å²) in [4.78, 5) is 45.3. The van der Waals surface area contributed by atoms with Crippen LogP contribution in [-0.2, 0) is 42.1 Å². The molecule has 212 valence electrons. The van der Waals surface area contributed by atoms with Crippen molar-refractivity contribution < 1.29 is 28.2 Å². The van der Waals surface area contributed by atoms with E-state index >= 15 is 0 Å². The van der Waals surface area contributed by atoms with E-state index in [4.69, 9.17) is 9.47 Å². The van der Waals surface area contributed by atoms with Gasteiger partial charge in [0.05, 0.1) is 31.4 Å². The van der Waals surface area contributed by atoms with E-state index in [0.29, 0.717) is 36.5 Å². The first kappa shape index (κ1) is 27.0. The second-order valence-electron chi connectivity index (χ2n) is 10.5. The van der Waals surface area contributed by atoms with Gasteiger partial charge in [0.15, 0.2) is 0 Å². The van der Waals surface area contributed by atoms with Crippen LogP contribution in [0.2, 0.25) is 0 Å². The molecule has 1 aliphatic carbocycles. The predicted octanol–water partition coefficient (Wildman–Crippen LogP) is 2.31. The Morgan fingerprint density at radius 2 is 1.93 bits per heavy atom. The fourth-order valence-electron chi connectivity index (χ4n) is 5.89. The summed E-state index contributed by atoms with van der Waals surface area (Å²) in [6, 6.07) is 14.7. The topological polar surface area (TPSA) is 122 Å². The summed E-state index contributed by atoms with van der Waals surface area (Å²) in [7, 11) is 0. The molecule has 1 aromatic heterocycles. The number of pyridine rings is 1. The van der Waals surface area contributed by atoms with E-state index in [1.165, 1.54) is 17.0 Å². The van der Waals surface area contributed by atoms with Gasteiger partial charge in [-0.15, -0.1) is 0 Å². The highest BCUT2D eigenvalue weighted by Crippen LogP contribution is 2.46. The maximum atomic E-state index is 14.1. The lowest BCUT2D eigenvalue weighted by Crippen LogP contribution is -2.45. The summed E-state index contributed by atoms with van der Waals surface area (Å²) in [6.45, 7) is 0.512. The van der Waals surface area contributed by atoms with Crippen LogP contribution in [0, 0.1) is 5.82 Å². The molecule has 0 saturated carbocycles. The number of amides is 3.